The van der Waals surface area contributed by atoms with Crippen LogP contribution in [0, 0.1) is 0 Å². The summed E-state index contributed by atoms with van der Waals surface area (Å²) in [7, 11) is 0. The lowest BCUT2D eigenvalue weighted by atomic mass is 10.1. The van der Waals surface area contributed by atoms with E-state index in [9.17, 15) is 9.59 Å². The molecule has 0 saturated heterocycles. The zero-order valence-corrected chi connectivity index (χ0v) is 18.5. The van der Waals surface area contributed by atoms with Crippen molar-refractivity contribution in [3.63, 3.8) is 0 Å². The molecule has 0 bridgehead atoms. The van der Waals surface area contributed by atoms with Gasteiger partial charge in [-0.15, -0.1) is 0 Å². The first-order chi connectivity index (χ1) is 14.0. The van der Waals surface area contributed by atoms with Crippen LogP contribution in [0.5, 0.6) is 0 Å². The predicted molar refractivity (Wildman–Crippen MR) is 122 cm³/mol. The highest BCUT2D eigenvalue weighted by Gasteiger charge is 2.26. The molecule has 0 aromatic heterocycles. The number of rotatable bonds is 11. The Labute approximate surface area is 179 Å². The number of hydrogen-bond acceptors (Lipinski definition) is 3. The van der Waals surface area contributed by atoms with Crippen LogP contribution in [-0.2, 0) is 21.9 Å². The van der Waals surface area contributed by atoms with E-state index in [0.29, 0.717) is 13.0 Å². The molecule has 29 heavy (non-hydrogen) atoms. The van der Waals surface area contributed by atoms with Crippen molar-refractivity contribution in [2.24, 2.45) is 0 Å². The lowest BCUT2D eigenvalue weighted by Gasteiger charge is -2.29. The fourth-order valence-electron chi connectivity index (χ4n) is 2.90. The quantitative estimate of drug-likeness (QED) is 0.547. The normalized spacial score (nSPS) is 12.8. The molecule has 0 radical (unpaired) electrons. The van der Waals surface area contributed by atoms with Gasteiger partial charge < -0.3 is 10.2 Å². The lowest BCUT2D eigenvalue weighted by molar-refractivity contribution is -0.140. The largest absolute Gasteiger partial charge is 0.352 e. The third-order valence-electron chi connectivity index (χ3n) is 4.94. The van der Waals surface area contributed by atoms with Crippen molar-refractivity contribution in [3.05, 3.63) is 71.8 Å². The Hall–Kier alpha value is -2.27. The zero-order valence-electron chi connectivity index (χ0n) is 17.6. The van der Waals surface area contributed by atoms with Gasteiger partial charge in [0.1, 0.15) is 6.04 Å². The van der Waals surface area contributed by atoms with Crippen LogP contribution in [0.2, 0.25) is 0 Å². The third-order valence-corrected chi connectivity index (χ3v) is 5.97. The van der Waals surface area contributed by atoms with Crippen LogP contribution < -0.4 is 5.32 Å². The van der Waals surface area contributed by atoms with E-state index in [4.69, 9.17) is 0 Å². The summed E-state index contributed by atoms with van der Waals surface area (Å²) in [5.74, 6) is 1.54. The molecular formula is C24H32N2O2S. The van der Waals surface area contributed by atoms with E-state index in [1.807, 2.05) is 69.3 Å². The molecule has 2 amide bonds. The minimum Gasteiger partial charge on any atom is -0.352 e. The Morgan fingerprint density at radius 2 is 1.55 bits per heavy atom. The van der Waals surface area contributed by atoms with Crippen LogP contribution in [-0.4, -0.2) is 34.6 Å². The molecule has 0 heterocycles. The Kier molecular flexibility index (Phi) is 9.78. The second-order valence-electron chi connectivity index (χ2n) is 7.29. The van der Waals surface area contributed by atoms with Crippen molar-refractivity contribution in [3.8, 4) is 0 Å². The van der Waals surface area contributed by atoms with Gasteiger partial charge in [0.25, 0.3) is 0 Å². The molecule has 0 aliphatic heterocycles. The van der Waals surface area contributed by atoms with E-state index in [-0.39, 0.29) is 17.9 Å². The number of carbonyl (C=O) groups is 2. The van der Waals surface area contributed by atoms with E-state index >= 15 is 0 Å². The molecule has 0 unspecified atom stereocenters. The number of nitrogens with one attached hydrogen (secondary N) is 1. The van der Waals surface area contributed by atoms with Gasteiger partial charge in [-0.2, -0.15) is 11.8 Å². The Bertz CT molecular complexity index is 752. The smallest absolute Gasteiger partial charge is 0.242 e. The first-order valence-electron chi connectivity index (χ1n) is 10.3. The average Bonchev–Trinajstić information content (AvgIpc) is 2.75. The van der Waals surface area contributed by atoms with Crippen LogP contribution >= 0.6 is 11.8 Å². The summed E-state index contributed by atoms with van der Waals surface area (Å²) < 4.78 is 0. The van der Waals surface area contributed by atoms with Crippen LogP contribution in [0.1, 0.15) is 44.7 Å². The maximum absolute atomic E-state index is 13.0. The summed E-state index contributed by atoms with van der Waals surface area (Å²) in [6.45, 7) is 6.27. The van der Waals surface area contributed by atoms with Gasteiger partial charge in [0.15, 0.2) is 0 Å². The highest BCUT2D eigenvalue weighted by molar-refractivity contribution is 7.98. The minimum atomic E-state index is -0.504. The van der Waals surface area contributed by atoms with E-state index in [0.717, 1.165) is 23.5 Å². The van der Waals surface area contributed by atoms with Gasteiger partial charge in [-0.25, -0.2) is 0 Å². The van der Waals surface area contributed by atoms with E-state index in [2.05, 4.69) is 17.4 Å². The molecule has 0 aliphatic rings. The number of amides is 2. The Morgan fingerprint density at radius 3 is 2.14 bits per heavy atom. The highest BCUT2D eigenvalue weighted by atomic mass is 32.2. The molecule has 2 atom stereocenters. The summed E-state index contributed by atoms with van der Waals surface area (Å²) in [6, 6.07) is 19.7. The summed E-state index contributed by atoms with van der Waals surface area (Å²) >= 11 is 1.74. The lowest BCUT2D eigenvalue weighted by Crippen LogP contribution is -2.49. The van der Waals surface area contributed by atoms with Crippen molar-refractivity contribution in [2.45, 2.75) is 58.0 Å². The predicted octanol–water partition coefficient (Wildman–Crippen LogP) is 4.64. The van der Waals surface area contributed by atoms with Gasteiger partial charge >= 0.3 is 0 Å². The van der Waals surface area contributed by atoms with Crippen molar-refractivity contribution >= 4 is 23.6 Å². The van der Waals surface area contributed by atoms with Crippen LogP contribution in [0.3, 0.4) is 0 Å². The van der Waals surface area contributed by atoms with Crippen molar-refractivity contribution in [1.29, 1.82) is 0 Å². The Morgan fingerprint density at radius 1 is 0.966 bits per heavy atom. The van der Waals surface area contributed by atoms with Gasteiger partial charge in [-0.05, 0) is 31.4 Å². The van der Waals surface area contributed by atoms with Crippen molar-refractivity contribution in [1.82, 2.24) is 10.2 Å². The second kappa shape index (κ2) is 12.3. The van der Waals surface area contributed by atoms with E-state index < -0.39 is 6.04 Å². The molecule has 0 aliphatic carbocycles. The topological polar surface area (TPSA) is 49.4 Å². The first kappa shape index (κ1) is 23.0. The number of carbonyl (C=O) groups excluding carboxylic acids is 2. The molecule has 2 aromatic carbocycles. The number of nitrogens with zero attached hydrogens (tertiary/aromatic N) is 1. The number of benzene rings is 2. The molecule has 0 fully saturated rings. The van der Waals surface area contributed by atoms with Gasteiger partial charge in [0.05, 0.1) is 0 Å². The first-order valence-corrected chi connectivity index (χ1v) is 11.4. The van der Waals surface area contributed by atoms with Crippen LogP contribution in [0.25, 0.3) is 0 Å². The maximum Gasteiger partial charge on any atom is 0.242 e. The second-order valence-corrected chi connectivity index (χ2v) is 8.39. The molecule has 156 valence electrons. The van der Waals surface area contributed by atoms with E-state index in [1.165, 1.54) is 5.56 Å². The summed E-state index contributed by atoms with van der Waals surface area (Å²) in [6.07, 6.45) is 1.28. The number of thioether (sulfide) groups is 1. The molecule has 2 aromatic rings. The molecule has 0 spiro atoms. The molecule has 4 nitrogen and oxygen atoms in total. The molecule has 1 N–H and O–H groups in total. The molecular weight excluding hydrogens is 380 g/mol. The maximum atomic E-state index is 13.0. The fraction of sp³-hybridized carbons (Fsp3) is 0.417. The minimum absolute atomic E-state index is 0.0150. The van der Waals surface area contributed by atoms with E-state index in [1.54, 1.807) is 16.7 Å². The highest BCUT2D eigenvalue weighted by Crippen LogP contribution is 2.16. The zero-order chi connectivity index (χ0) is 21.1. The van der Waals surface area contributed by atoms with Gasteiger partial charge in [-0.1, -0.05) is 67.6 Å². The molecule has 2 rings (SSSR count). The molecule has 0 saturated carbocycles. The van der Waals surface area contributed by atoms with Crippen LogP contribution in [0.15, 0.2) is 60.7 Å². The van der Waals surface area contributed by atoms with Crippen molar-refractivity contribution in [2.75, 3.05) is 5.75 Å². The van der Waals surface area contributed by atoms with Gasteiger partial charge in [0.2, 0.25) is 11.8 Å². The fourth-order valence-corrected chi connectivity index (χ4v) is 3.79. The SMILES string of the molecule is CC[C@H](C)NC(=O)[C@@H](C)N(Cc1ccccc1)C(=O)CCSCc1ccccc1. The van der Waals surface area contributed by atoms with Gasteiger partial charge in [-0.3, -0.25) is 9.59 Å². The Balaban J connectivity index is 1.97. The third kappa shape index (κ3) is 7.94. The summed E-state index contributed by atoms with van der Waals surface area (Å²) in [5.41, 5.74) is 2.29. The standard InChI is InChI=1S/C24H32N2O2S/c1-4-19(2)25-24(28)20(3)26(17-21-11-7-5-8-12-21)23(27)15-16-29-18-22-13-9-6-10-14-22/h5-14,19-20H,4,15-18H2,1-3H3,(H,25,28)/t19-,20+/m0/s1. The summed E-state index contributed by atoms with van der Waals surface area (Å²) in [5, 5.41) is 3.00. The monoisotopic (exact) mass is 412 g/mol. The summed E-state index contributed by atoms with van der Waals surface area (Å²) in [4.78, 5) is 27.4. The number of hydrogen-bond donors (Lipinski definition) is 1. The average molecular weight is 413 g/mol. The van der Waals surface area contributed by atoms with Gasteiger partial charge in [0, 0.05) is 30.5 Å². The van der Waals surface area contributed by atoms with Crippen molar-refractivity contribution < 1.29 is 9.59 Å². The van der Waals surface area contributed by atoms with Crippen LogP contribution in [0.4, 0.5) is 0 Å². The molecule has 5 heteroatoms.